The van der Waals surface area contributed by atoms with Crippen LogP contribution in [0.4, 0.5) is 0 Å². The van der Waals surface area contributed by atoms with Gasteiger partial charge in [-0.25, -0.2) is 5.43 Å². The summed E-state index contributed by atoms with van der Waals surface area (Å²) in [6.07, 6.45) is 1.53. The second-order valence-corrected chi connectivity index (χ2v) is 5.91. The van der Waals surface area contributed by atoms with Crippen LogP contribution in [0, 0.1) is 0 Å². The highest BCUT2D eigenvalue weighted by Crippen LogP contribution is 2.23. The summed E-state index contributed by atoms with van der Waals surface area (Å²) >= 11 is 5.97. The van der Waals surface area contributed by atoms with Gasteiger partial charge in [0.15, 0.2) is 6.61 Å². The largest absolute Gasteiger partial charge is 0.482 e. The monoisotopic (exact) mass is 380 g/mol. The van der Waals surface area contributed by atoms with Gasteiger partial charge in [-0.15, -0.1) is 0 Å². The summed E-state index contributed by atoms with van der Waals surface area (Å²) < 4.78 is 11.1. The first-order valence-corrected chi connectivity index (χ1v) is 8.61. The number of amides is 1. The van der Waals surface area contributed by atoms with E-state index in [1.807, 2.05) is 54.6 Å². The van der Waals surface area contributed by atoms with Crippen molar-refractivity contribution in [2.75, 3.05) is 6.61 Å². The van der Waals surface area contributed by atoms with Gasteiger partial charge < -0.3 is 9.47 Å². The summed E-state index contributed by atoms with van der Waals surface area (Å²) in [6, 6.07) is 23.8. The zero-order chi connectivity index (χ0) is 18.9. The predicted octanol–water partition coefficient (Wildman–Crippen LogP) is 4.66. The molecule has 0 saturated heterocycles. The molecule has 0 aliphatic carbocycles. The first kappa shape index (κ1) is 18.5. The van der Waals surface area contributed by atoms with Crippen molar-refractivity contribution in [1.82, 2.24) is 5.43 Å². The van der Waals surface area contributed by atoms with Crippen molar-refractivity contribution in [2.24, 2.45) is 5.10 Å². The lowest BCUT2D eigenvalue weighted by atomic mass is 10.2. The Hall–Kier alpha value is -3.31. The molecule has 0 bridgehead atoms. The molecule has 0 aromatic heterocycles. The fourth-order valence-corrected chi connectivity index (χ4v) is 2.39. The molecule has 1 amide bonds. The molecule has 6 heteroatoms. The molecule has 0 unspecified atom stereocenters. The van der Waals surface area contributed by atoms with Crippen LogP contribution >= 0.6 is 11.6 Å². The molecule has 0 heterocycles. The number of halogens is 1. The number of para-hydroxylation sites is 2. The van der Waals surface area contributed by atoms with E-state index in [9.17, 15) is 4.79 Å². The molecular weight excluding hydrogens is 364 g/mol. The highest BCUT2D eigenvalue weighted by atomic mass is 35.5. The molecule has 0 fully saturated rings. The molecule has 5 nitrogen and oxygen atoms in total. The molecule has 0 radical (unpaired) electrons. The Morgan fingerprint density at radius 3 is 2.52 bits per heavy atom. The van der Waals surface area contributed by atoms with Crippen molar-refractivity contribution >= 4 is 23.7 Å². The highest BCUT2D eigenvalue weighted by molar-refractivity contribution is 6.32. The Labute approximate surface area is 162 Å². The second kappa shape index (κ2) is 9.40. The zero-order valence-corrected chi connectivity index (χ0v) is 15.1. The third-order valence-corrected chi connectivity index (χ3v) is 3.75. The number of hydrogen-bond donors (Lipinski definition) is 1. The van der Waals surface area contributed by atoms with Crippen molar-refractivity contribution in [2.45, 2.75) is 0 Å². The number of rotatable bonds is 7. The normalized spacial score (nSPS) is 10.6. The summed E-state index contributed by atoms with van der Waals surface area (Å²) in [7, 11) is 0. The molecule has 0 saturated carbocycles. The van der Waals surface area contributed by atoms with Crippen LogP contribution in [0.5, 0.6) is 17.2 Å². The fraction of sp³-hybridized carbons (Fsp3) is 0.0476. The minimum atomic E-state index is -0.386. The number of nitrogens with one attached hydrogen (secondary N) is 1. The Morgan fingerprint density at radius 2 is 1.70 bits per heavy atom. The zero-order valence-electron chi connectivity index (χ0n) is 14.3. The molecule has 0 atom stereocenters. The molecule has 3 rings (SSSR count). The molecule has 3 aromatic rings. The van der Waals surface area contributed by atoms with Crippen LogP contribution in [0.25, 0.3) is 0 Å². The van der Waals surface area contributed by atoms with E-state index in [0.29, 0.717) is 16.5 Å². The van der Waals surface area contributed by atoms with Crippen molar-refractivity contribution < 1.29 is 14.3 Å². The maximum absolute atomic E-state index is 11.8. The standard InChI is InChI=1S/C21H17ClN2O3/c22-19-11-4-5-12-20(19)26-15-21(25)24-23-14-16-7-6-10-18(13-16)27-17-8-2-1-3-9-17/h1-14H,15H2,(H,24,25)/b23-14+. The lowest BCUT2D eigenvalue weighted by molar-refractivity contribution is -0.123. The van der Waals surface area contributed by atoms with Crippen LogP contribution in [0.1, 0.15) is 5.56 Å². The van der Waals surface area contributed by atoms with E-state index >= 15 is 0 Å². The van der Waals surface area contributed by atoms with Crippen LogP contribution in [0.3, 0.4) is 0 Å². The molecule has 27 heavy (non-hydrogen) atoms. The van der Waals surface area contributed by atoms with Gasteiger partial charge in [-0.05, 0) is 42.0 Å². The van der Waals surface area contributed by atoms with Crippen LogP contribution in [0.15, 0.2) is 84.0 Å². The van der Waals surface area contributed by atoms with Crippen LogP contribution in [-0.2, 0) is 4.79 Å². The van der Waals surface area contributed by atoms with Crippen LogP contribution < -0.4 is 14.9 Å². The van der Waals surface area contributed by atoms with E-state index in [2.05, 4.69) is 10.5 Å². The van der Waals surface area contributed by atoms with Crippen LogP contribution in [0.2, 0.25) is 5.02 Å². The van der Waals surface area contributed by atoms with E-state index in [-0.39, 0.29) is 12.5 Å². The third-order valence-electron chi connectivity index (χ3n) is 3.44. The quantitative estimate of drug-likeness (QED) is 0.479. The summed E-state index contributed by atoms with van der Waals surface area (Å²) in [5, 5.41) is 4.38. The highest BCUT2D eigenvalue weighted by Gasteiger charge is 2.04. The minimum absolute atomic E-state index is 0.182. The molecule has 0 spiro atoms. The Kier molecular flexibility index (Phi) is 6.44. The van der Waals surface area contributed by atoms with Gasteiger partial charge in [0.1, 0.15) is 17.2 Å². The summed E-state index contributed by atoms with van der Waals surface area (Å²) in [6.45, 7) is -0.182. The topological polar surface area (TPSA) is 59.9 Å². The predicted molar refractivity (Wildman–Crippen MR) is 106 cm³/mol. The average Bonchev–Trinajstić information content (AvgIpc) is 2.68. The Balaban J connectivity index is 1.51. The van der Waals surface area contributed by atoms with Crippen LogP contribution in [-0.4, -0.2) is 18.7 Å². The first-order chi connectivity index (χ1) is 13.2. The first-order valence-electron chi connectivity index (χ1n) is 8.23. The van der Waals surface area contributed by atoms with Gasteiger partial charge in [-0.2, -0.15) is 5.10 Å². The number of carbonyl (C=O) groups excluding carboxylic acids is 1. The van der Waals surface area contributed by atoms with E-state index in [0.717, 1.165) is 11.3 Å². The summed E-state index contributed by atoms with van der Waals surface area (Å²) in [5.41, 5.74) is 3.20. The molecule has 136 valence electrons. The summed E-state index contributed by atoms with van der Waals surface area (Å²) in [4.78, 5) is 11.8. The SMILES string of the molecule is O=C(COc1ccccc1Cl)N/N=C/c1cccc(Oc2ccccc2)c1. The molecular formula is C21H17ClN2O3. The molecule has 0 aliphatic rings. The van der Waals surface area contributed by atoms with E-state index in [1.54, 1.807) is 24.3 Å². The van der Waals surface area contributed by atoms with Crippen molar-refractivity contribution in [3.8, 4) is 17.2 Å². The minimum Gasteiger partial charge on any atom is -0.482 e. The fourth-order valence-electron chi connectivity index (χ4n) is 2.20. The number of ether oxygens (including phenoxy) is 2. The van der Waals surface area contributed by atoms with Crippen molar-refractivity contribution in [3.05, 3.63) is 89.4 Å². The summed E-state index contributed by atoms with van der Waals surface area (Å²) in [5.74, 6) is 1.49. The van der Waals surface area contributed by atoms with Gasteiger partial charge in [0, 0.05) is 0 Å². The lowest BCUT2D eigenvalue weighted by Gasteiger charge is -2.06. The number of nitrogens with zero attached hydrogens (tertiary/aromatic N) is 1. The van der Waals surface area contributed by atoms with Gasteiger partial charge in [0.25, 0.3) is 5.91 Å². The molecule has 0 aliphatic heterocycles. The molecule has 3 aromatic carbocycles. The third kappa shape index (κ3) is 5.87. The number of carbonyl (C=O) groups is 1. The second-order valence-electron chi connectivity index (χ2n) is 5.50. The van der Waals surface area contributed by atoms with E-state index in [4.69, 9.17) is 21.1 Å². The number of benzene rings is 3. The maximum atomic E-state index is 11.8. The van der Waals surface area contributed by atoms with Crippen molar-refractivity contribution in [3.63, 3.8) is 0 Å². The van der Waals surface area contributed by atoms with Gasteiger partial charge in [-0.3, -0.25) is 4.79 Å². The van der Waals surface area contributed by atoms with Gasteiger partial charge >= 0.3 is 0 Å². The number of hydrogen-bond acceptors (Lipinski definition) is 4. The maximum Gasteiger partial charge on any atom is 0.277 e. The number of hydrazone groups is 1. The van der Waals surface area contributed by atoms with Gasteiger partial charge in [0.2, 0.25) is 0 Å². The average molecular weight is 381 g/mol. The van der Waals surface area contributed by atoms with E-state index in [1.165, 1.54) is 6.21 Å². The Bertz CT molecular complexity index is 929. The van der Waals surface area contributed by atoms with Gasteiger partial charge in [-0.1, -0.05) is 54.1 Å². The van der Waals surface area contributed by atoms with Gasteiger partial charge in [0.05, 0.1) is 11.2 Å². The molecule has 1 N–H and O–H groups in total. The Morgan fingerprint density at radius 1 is 0.963 bits per heavy atom. The lowest BCUT2D eigenvalue weighted by Crippen LogP contribution is -2.24. The smallest absolute Gasteiger partial charge is 0.277 e. The van der Waals surface area contributed by atoms with Crippen molar-refractivity contribution in [1.29, 1.82) is 0 Å². The van der Waals surface area contributed by atoms with E-state index < -0.39 is 0 Å².